The number of para-hydroxylation sites is 1. The van der Waals surface area contributed by atoms with Gasteiger partial charge in [-0.15, -0.1) is 0 Å². The normalized spacial score (nSPS) is 16.2. The molecule has 4 rings (SSSR count). The number of hydrogen-bond acceptors (Lipinski definition) is 4. The van der Waals surface area contributed by atoms with Gasteiger partial charge in [0, 0.05) is 24.2 Å². The molecule has 1 aromatic heterocycles. The Balaban J connectivity index is 1.56. The number of benzene rings is 2. The molecule has 3 aromatic rings. The Kier molecular flexibility index (Phi) is 6.09. The predicted molar refractivity (Wildman–Crippen MR) is 123 cm³/mol. The topological polar surface area (TPSA) is 86.4 Å². The fourth-order valence-electron chi connectivity index (χ4n) is 4.15. The first-order valence-corrected chi connectivity index (χ1v) is 10.8. The highest BCUT2D eigenvalue weighted by atomic mass is 19.1. The minimum atomic E-state index is -0.642. The number of halogens is 1. The van der Waals surface area contributed by atoms with Gasteiger partial charge >= 0.3 is 0 Å². The molecule has 1 atom stereocenters. The van der Waals surface area contributed by atoms with Crippen LogP contribution >= 0.6 is 0 Å². The smallest absolute Gasteiger partial charge is 0.267 e. The summed E-state index contributed by atoms with van der Waals surface area (Å²) in [5, 5.41) is 6.56. The number of piperazine rings is 1. The summed E-state index contributed by atoms with van der Waals surface area (Å²) in [6.07, 6.45) is 0.334. The number of amides is 2. The lowest BCUT2D eigenvalue weighted by Gasteiger charge is -2.39. The van der Waals surface area contributed by atoms with Crippen molar-refractivity contribution in [3.63, 3.8) is 0 Å². The second kappa shape index (κ2) is 8.97. The van der Waals surface area contributed by atoms with E-state index in [1.807, 2.05) is 44.2 Å². The van der Waals surface area contributed by atoms with Gasteiger partial charge in [-0.3, -0.25) is 14.4 Å². The van der Waals surface area contributed by atoms with Crippen molar-refractivity contribution in [2.45, 2.75) is 33.2 Å². The first kappa shape index (κ1) is 22.4. The number of nitrogens with one attached hydrogen (secondary N) is 1. The third-order valence-corrected chi connectivity index (χ3v) is 6.10. The van der Waals surface area contributed by atoms with E-state index in [2.05, 4.69) is 10.2 Å². The first-order chi connectivity index (χ1) is 15.8. The molecular formula is C25H25FN4O3. The zero-order chi connectivity index (χ0) is 23.7. The maximum Gasteiger partial charge on any atom is 0.267 e. The van der Waals surface area contributed by atoms with Crippen LogP contribution in [0.3, 0.4) is 0 Å². The lowest BCUT2D eigenvalue weighted by Crippen LogP contribution is -2.57. The zero-order valence-electron chi connectivity index (χ0n) is 18.8. The van der Waals surface area contributed by atoms with Gasteiger partial charge in [0.05, 0.1) is 17.3 Å². The standard InChI is InChI=1S/C25H25FN4O3/c1-15-13-29(14-23(31)30(15)19-7-5-4-6-8-19)25(33)20-11-18(9-10-21(20)26)12-22-16(2)17(3)24(32)28-27-22/h4-11,15H,12-14H2,1-3H3,(H,28,32)/t15-/m0/s1. The number of H-pyrrole nitrogens is 1. The van der Waals surface area contributed by atoms with Crippen molar-refractivity contribution >= 4 is 17.5 Å². The van der Waals surface area contributed by atoms with Crippen molar-refractivity contribution < 1.29 is 14.0 Å². The Morgan fingerprint density at radius 3 is 2.55 bits per heavy atom. The molecule has 0 aliphatic carbocycles. The van der Waals surface area contributed by atoms with Crippen LogP contribution in [0.25, 0.3) is 0 Å². The number of nitrogens with zero attached hydrogens (tertiary/aromatic N) is 3. The van der Waals surface area contributed by atoms with Gasteiger partial charge in [-0.05, 0) is 56.2 Å². The van der Waals surface area contributed by atoms with Gasteiger partial charge in [-0.1, -0.05) is 24.3 Å². The van der Waals surface area contributed by atoms with Gasteiger partial charge in [-0.2, -0.15) is 5.10 Å². The number of rotatable bonds is 4. The van der Waals surface area contributed by atoms with Crippen LogP contribution in [0.2, 0.25) is 0 Å². The molecule has 0 spiro atoms. The number of carbonyl (C=O) groups is 2. The Bertz CT molecular complexity index is 1270. The second-order valence-corrected chi connectivity index (χ2v) is 8.37. The summed E-state index contributed by atoms with van der Waals surface area (Å²) in [5.74, 6) is -1.38. The molecule has 2 aromatic carbocycles. The summed E-state index contributed by atoms with van der Waals surface area (Å²) in [6, 6.07) is 13.4. The maximum atomic E-state index is 14.6. The van der Waals surface area contributed by atoms with Crippen LogP contribution in [0.5, 0.6) is 0 Å². The van der Waals surface area contributed by atoms with E-state index in [4.69, 9.17) is 0 Å². The van der Waals surface area contributed by atoms with Gasteiger partial charge < -0.3 is 9.80 Å². The summed E-state index contributed by atoms with van der Waals surface area (Å²) in [4.78, 5) is 40.8. The van der Waals surface area contributed by atoms with Crippen molar-refractivity contribution in [1.82, 2.24) is 15.1 Å². The van der Waals surface area contributed by atoms with Crippen molar-refractivity contribution in [2.24, 2.45) is 0 Å². The predicted octanol–water partition coefficient (Wildman–Crippen LogP) is 2.99. The molecule has 2 amide bonds. The minimum Gasteiger partial charge on any atom is -0.327 e. The molecular weight excluding hydrogens is 423 g/mol. The average Bonchev–Trinajstić information content (AvgIpc) is 2.80. The molecule has 0 radical (unpaired) electrons. The molecule has 1 fully saturated rings. The summed E-state index contributed by atoms with van der Waals surface area (Å²) in [7, 11) is 0. The number of aromatic amines is 1. The van der Waals surface area contributed by atoms with Crippen LogP contribution in [0.15, 0.2) is 53.3 Å². The largest absolute Gasteiger partial charge is 0.327 e. The number of hydrogen-bond donors (Lipinski definition) is 1. The van der Waals surface area contributed by atoms with Gasteiger partial charge in [0.15, 0.2) is 0 Å². The van der Waals surface area contributed by atoms with E-state index in [9.17, 15) is 18.8 Å². The highest BCUT2D eigenvalue weighted by molar-refractivity contribution is 6.02. The molecule has 170 valence electrons. The van der Waals surface area contributed by atoms with Crippen molar-refractivity contribution in [3.05, 3.63) is 92.6 Å². The number of carbonyl (C=O) groups excluding carboxylic acids is 2. The number of aromatic nitrogens is 2. The molecule has 0 unspecified atom stereocenters. The molecule has 1 N–H and O–H groups in total. The summed E-state index contributed by atoms with van der Waals surface area (Å²) < 4.78 is 14.6. The molecule has 33 heavy (non-hydrogen) atoms. The first-order valence-electron chi connectivity index (χ1n) is 10.8. The highest BCUT2D eigenvalue weighted by Crippen LogP contribution is 2.23. The highest BCUT2D eigenvalue weighted by Gasteiger charge is 2.34. The van der Waals surface area contributed by atoms with E-state index in [0.29, 0.717) is 29.8 Å². The Hall–Kier alpha value is -3.81. The molecule has 0 bridgehead atoms. The van der Waals surface area contributed by atoms with E-state index in [-0.39, 0.29) is 29.6 Å². The minimum absolute atomic E-state index is 0.0838. The van der Waals surface area contributed by atoms with Crippen molar-refractivity contribution in [1.29, 1.82) is 0 Å². The Morgan fingerprint density at radius 2 is 1.85 bits per heavy atom. The fraction of sp³-hybridized carbons (Fsp3) is 0.280. The molecule has 1 aliphatic heterocycles. The molecule has 8 heteroatoms. The summed E-state index contributed by atoms with van der Waals surface area (Å²) in [5.41, 5.74) is 3.10. The van der Waals surface area contributed by atoms with Crippen LogP contribution in [0.4, 0.5) is 10.1 Å². The van der Waals surface area contributed by atoms with Crippen LogP contribution in [0.1, 0.15) is 39.7 Å². The molecule has 7 nitrogen and oxygen atoms in total. The van der Waals surface area contributed by atoms with E-state index in [1.165, 1.54) is 17.0 Å². The second-order valence-electron chi connectivity index (χ2n) is 8.37. The van der Waals surface area contributed by atoms with Crippen molar-refractivity contribution in [3.8, 4) is 0 Å². The van der Waals surface area contributed by atoms with E-state index < -0.39 is 11.7 Å². The lowest BCUT2D eigenvalue weighted by atomic mass is 10.0. The zero-order valence-corrected chi connectivity index (χ0v) is 18.8. The molecule has 1 saturated heterocycles. The third kappa shape index (κ3) is 4.41. The van der Waals surface area contributed by atoms with Crippen LogP contribution < -0.4 is 10.5 Å². The Morgan fingerprint density at radius 1 is 1.12 bits per heavy atom. The third-order valence-electron chi connectivity index (χ3n) is 6.10. The van der Waals surface area contributed by atoms with Gasteiger partial charge in [0.2, 0.25) is 5.91 Å². The van der Waals surface area contributed by atoms with E-state index in [1.54, 1.807) is 17.9 Å². The lowest BCUT2D eigenvalue weighted by molar-refractivity contribution is -0.121. The monoisotopic (exact) mass is 448 g/mol. The van der Waals surface area contributed by atoms with E-state index >= 15 is 0 Å². The van der Waals surface area contributed by atoms with Crippen molar-refractivity contribution in [2.75, 3.05) is 18.0 Å². The summed E-state index contributed by atoms with van der Waals surface area (Å²) in [6.45, 7) is 5.56. The van der Waals surface area contributed by atoms with Gasteiger partial charge in [0.1, 0.15) is 12.4 Å². The quantitative estimate of drug-likeness (QED) is 0.665. The van der Waals surface area contributed by atoms with Gasteiger partial charge in [0.25, 0.3) is 11.5 Å². The van der Waals surface area contributed by atoms with Crippen LogP contribution in [0, 0.1) is 19.7 Å². The molecule has 2 heterocycles. The Labute approximate surface area is 190 Å². The fourth-order valence-corrected chi connectivity index (χ4v) is 4.15. The van der Waals surface area contributed by atoms with Gasteiger partial charge in [-0.25, -0.2) is 9.49 Å². The maximum absolute atomic E-state index is 14.6. The van der Waals surface area contributed by atoms with E-state index in [0.717, 1.165) is 11.3 Å². The van der Waals surface area contributed by atoms with Crippen LogP contribution in [-0.4, -0.2) is 46.0 Å². The SMILES string of the molecule is Cc1c(Cc2ccc(F)c(C(=O)N3CC(=O)N(c4ccccc4)[C@@H](C)C3)c2)n[nH]c(=O)c1C. The molecule has 1 aliphatic rings. The molecule has 0 saturated carbocycles. The number of anilines is 1. The van der Waals surface area contributed by atoms with Crippen LogP contribution in [-0.2, 0) is 11.2 Å². The average molecular weight is 448 g/mol. The summed E-state index contributed by atoms with van der Waals surface area (Å²) >= 11 is 0.